The molecule has 0 unspecified atom stereocenters. The molecule has 18 heavy (non-hydrogen) atoms. The Kier molecular flexibility index (Phi) is 5.58. The average Bonchev–Trinajstić information content (AvgIpc) is 2.26. The summed E-state index contributed by atoms with van der Waals surface area (Å²) < 4.78 is 0. The van der Waals surface area contributed by atoms with E-state index < -0.39 is 0 Å². The highest BCUT2D eigenvalue weighted by Crippen LogP contribution is 2.32. The molecule has 0 bridgehead atoms. The van der Waals surface area contributed by atoms with Gasteiger partial charge >= 0.3 is 0 Å². The number of allylic oxidation sites excluding steroid dienone is 6. The first-order valence-corrected chi connectivity index (χ1v) is 6.89. The standard InChI is InChI=1S/C17H26O/c1-12(2)6-8-15-11-16(9-7-13(3)4)17(18)10-14(15)5/h6-7,10,15-16H,8-9,11H2,1-5H3/t15-,16-/m0/s1. The minimum Gasteiger partial charge on any atom is -0.295 e. The minimum atomic E-state index is 0.194. The topological polar surface area (TPSA) is 17.1 Å². The first-order valence-electron chi connectivity index (χ1n) is 6.89. The second-order valence-corrected chi connectivity index (χ2v) is 5.95. The van der Waals surface area contributed by atoms with E-state index in [4.69, 9.17) is 0 Å². The second-order valence-electron chi connectivity index (χ2n) is 5.95. The highest BCUT2D eigenvalue weighted by atomic mass is 16.1. The van der Waals surface area contributed by atoms with Crippen molar-refractivity contribution in [2.45, 2.75) is 53.9 Å². The molecule has 100 valence electrons. The summed E-state index contributed by atoms with van der Waals surface area (Å²) in [5, 5.41) is 0. The van der Waals surface area contributed by atoms with Crippen LogP contribution in [0.1, 0.15) is 53.9 Å². The van der Waals surface area contributed by atoms with Crippen molar-refractivity contribution >= 4 is 5.78 Å². The van der Waals surface area contributed by atoms with Gasteiger partial charge in [-0.25, -0.2) is 0 Å². The Hall–Kier alpha value is -1.11. The first-order chi connectivity index (χ1) is 8.40. The summed E-state index contributed by atoms with van der Waals surface area (Å²) in [4.78, 5) is 12.0. The quantitative estimate of drug-likeness (QED) is 0.648. The summed E-state index contributed by atoms with van der Waals surface area (Å²) in [7, 11) is 0. The molecule has 0 radical (unpaired) electrons. The van der Waals surface area contributed by atoms with Gasteiger partial charge in [-0.2, -0.15) is 0 Å². The molecule has 0 spiro atoms. The van der Waals surface area contributed by atoms with Crippen molar-refractivity contribution in [3.8, 4) is 0 Å². The molecular formula is C17H26O. The van der Waals surface area contributed by atoms with Crippen LogP contribution in [0.15, 0.2) is 34.9 Å². The van der Waals surface area contributed by atoms with E-state index >= 15 is 0 Å². The van der Waals surface area contributed by atoms with Crippen LogP contribution in [0.3, 0.4) is 0 Å². The fraction of sp³-hybridized carbons (Fsp3) is 0.588. The van der Waals surface area contributed by atoms with Crippen LogP contribution in [-0.4, -0.2) is 5.78 Å². The second kappa shape index (κ2) is 6.72. The highest BCUT2D eigenvalue weighted by molar-refractivity contribution is 5.93. The lowest BCUT2D eigenvalue weighted by Gasteiger charge is -2.26. The third-order valence-corrected chi connectivity index (χ3v) is 3.61. The van der Waals surface area contributed by atoms with Gasteiger partial charge in [-0.05, 0) is 65.9 Å². The van der Waals surface area contributed by atoms with E-state index in [1.807, 2.05) is 6.08 Å². The summed E-state index contributed by atoms with van der Waals surface area (Å²) in [6.07, 6.45) is 9.33. The van der Waals surface area contributed by atoms with Gasteiger partial charge in [0, 0.05) is 5.92 Å². The summed E-state index contributed by atoms with van der Waals surface area (Å²) >= 11 is 0. The van der Waals surface area contributed by atoms with Crippen molar-refractivity contribution in [2.24, 2.45) is 11.8 Å². The molecule has 1 aliphatic rings. The molecule has 0 amide bonds. The van der Waals surface area contributed by atoms with Crippen LogP contribution in [0.5, 0.6) is 0 Å². The number of ketones is 1. The van der Waals surface area contributed by atoms with Crippen LogP contribution >= 0.6 is 0 Å². The molecule has 0 heterocycles. The van der Waals surface area contributed by atoms with Crippen molar-refractivity contribution < 1.29 is 4.79 Å². The molecule has 0 saturated carbocycles. The Morgan fingerprint density at radius 3 is 2.11 bits per heavy atom. The van der Waals surface area contributed by atoms with E-state index in [1.54, 1.807) is 0 Å². The van der Waals surface area contributed by atoms with Gasteiger partial charge in [0.2, 0.25) is 0 Å². The van der Waals surface area contributed by atoms with Gasteiger partial charge in [0.05, 0.1) is 0 Å². The Balaban J connectivity index is 2.72. The molecule has 0 fully saturated rings. The Bertz CT molecular complexity index is 388. The molecule has 0 aromatic heterocycles. The van der Waals surface area contributed by atoms with E-state index in [-0.39, 0.29) is 5.92 Å². The van der Waals surface area contributed by atoms with Crippen LogP contribution in [0, 0.1) is 11.8 Å². The third-order valence-electron chi connectivity index (χ3n) is 3.61. The van der Waals surface area contributed by atoms with E-state index in [9.17, 15) is 4.79 Å². The van der Waals surface area contributed by atoms with E-state index in [1.165, 1.54) is 16.7 Å². The number of hydrogen-bond donors (Lipinski definition) is 0. The molecular weight excluding hydrogens is 220 g/mol. The Morgan fingerprint density at radius 2 is 1.61 bits per heavy atom. The lowest BCUT2D eigenvalue weighted by Crippen LogP contribution is -2.22. The molecule has 0 aliphatic heterocycles. The summed E-state index contributed by atoms with van der Waals surface area (Å²) in [6, 6.07) is 0. The van der Waals surface area contributed by atoms with Gasteiger partial charge in [-0.3, -0.25) is 4.79 Å². The fourth-order valence-electron chi connectivity index (χ4n) is 2.36. The number of carbonyl (C=O) groups excluding carboxylic acids is 1. The molecule has 1 aliphatic carbocycles. The zero-order chi connectivity index (χ0) is 13.7. The van der Waals surface area contributed by atoms with Crippen LogP contribution < -0.4 is 0 Å². The predicted molar refractivity (Wildman–Crippen MR) is 78.5 cm³/mol. The van der Waals surface area contributed by atoms with Gasteiger partial charge < -0.3 is 0 Å². The first kappa shape index (κ1) is 14.9. The molecule has 0 aromatic carbocycles. The van der Waals surface area contributed by atoms with Gasteiger partial charge in [0.1, 0.15) is 0 Å². The zero-order valence-electron chi connectivity index (χ0n) is 12.4. The van der Waals surface area contributed by atoms with Crippen LogP contribution in [-0.2, 0) is 4.79 Å². The van der Waals surface area contributed by atoms with Crippen molar-refractivity contribution in [3.05, 3.63) is 34.9 Å². The van der Waals surface area contributed by atoms with E-state index in [2.05, 4.69) is 46.8 Å². The molecule has 1 nitrogen and oxygen atoms in total. The van der Waals surface area contributed by atoms with Gasteiger partial charge in [0.15, 0.2) is 5.78 Å². The van der Waals surface area contributed by atoms with Crippen LogP contribution in [0.25, 0.3) is 0 Å². The Morgan fingerprint density at radius 1 is 1.11 bits per heavy atom. The molecule has 1 rings (SSSR count). The molecule has 0 aromatic rings. The van der Waals surface area contributed by atoms with Crippen molar-refractivity contribution in [1.82, 2.24) is 0 Å². The third kappa shape index (κ3) is 4.64. The van der Waals surface area contributed by atoms with Gasteiger partial charge in [-0.15, -0.1) is 0 Å². The monoisotopic (exact) mass is 246 g/mol. The summed E-state index contributed by atoms with van der Waals surface area (Å²) in [5.74, 6) is 1.06. The van der Waals surface area contributed by atoms with Crippen molar-refractivity contribution in [3.63, 3.8) is 0 Å². The normalized spacial score (nSPS) is 23.4. The number of hydrogen-bond acceptors (Lipinski definition) is 1. The van der Waals surface area contributed by atoms with Gasteiger partial charge in [0.25, 0.3) is 0 Å². The number of carbonyl (C=O) groups is 1. The lowest BCUT2D eigenvalue weighted by molar-refractivity contribution is -0.119. The van der Waals surface area contributed by atoms with Gasteiger partial charge in [-0.1, -0.05) is 28.9 Å². The van der Waals surface area contributed by atoms with Crippen LogP contribution in [0.2, 0.25) is 0 Å². The SMILES string of the molecule is CC(C)=CC[C@H]1C[C@H](CC=C(C)C)C(C)=CC1=O. The molecule has 0 N–H and O–H groups in total. The maximum absolute atomic E-state index is 12.0. The minimum absolute atomic E-state index is 0.194. The zero-order valence-corrected chi connectivity index (χ0v) is 12.4. The maximum atomic E-state index is 12.0. The van der Waals surface area contributed by atoms with E-state index in [0.717, 1.165) is 19.3 Å². The average molecular weight is 246 g/mol. The molecule has 0 saturated heterocycles. The lowest BCUT2D eigenvalue weighted by atomic mass is 9.77. The van der Waals surface area contributed by atoms with Crippen molar-refractivity contribution in [2.75, 3.05) is 0 Å². The maximum Gasteiger partial charge on any atom is 0.159 e. The highest BCUT2D eigenvalue weighted by Gasteiger charge is 2.26. The van der Waals surface area contributed by atoms with E-state index in [0.29, 0.717) is 11.7 Å². The molecule has 2 atom stereocenters. The smallest absolute Gasteiger partial charge is 0.159 e. The summed E-state index contributed by atoms with van der Waals surface area (Å²) in [6.45, 7) is 10.5. The predicted octanol–water partition coefficient (Wildman–Crippen LogP) is 4.85. The Labute approximate surface area is 112 Å². The van der Waals surface area contributed by atoms with Crippen LogP contribution in [0.4, 0.5) is 0 Å². The molecule has 1 heteroatoms. The van der Waals surface area contributed by atoms with Crippen molar-refractivity contribution in [1.29, 1.82) is 0 Å². The summed E-state index contributed by atoms with van der Waals surface area (Å²) in [5.41, 5.74) is 3.92. The number of rotatable bonds is 4. The fourth-order valence-corrected chi connectivity index (χ4v) is 2.36. The largest absolute Gasteiger partial charge is 0.295 e.